The highest BCUT2D eigenvalue weighted by Gasteiger charge is 2.39. The molecule has 2 aromatic carbocycles. The van der Waals surface area contributed by atoms with Crippen molar-refractivity contribution in [2.75, 3.05) is 6.54 Å². The molecule has 5 rings (SSSR count). The standard InChI is InChI=1S/C34H42N4O6/c39-29(37-43)18-6-1-2-7-19-30(40)38-21-20-26-25-16-10-11-17-27(25)35-31(26)32(38)33(41)36-28(22-23-12-4-3-5-13-23)34(42)44-24-14-8-9-15-24/h3-5,10-13,16-17,24,28,32,35,43H,1-2,6-9,14-15,18-22H2,(H,36,41)(H,37,39). The lowest BCUT2D eigenvalue weighted by Crippen LogP contribution is -2.52. The van der Waals surface area contributed by atoms with Gasteiger partial charge in [0.1, 0.15) is 12.1 Å². The first-order chi connectivity index (χ1) is 21.4. The fraction of sp³-hybridized carbons (Fsp3) is 0.471. The number of H-pyrrole nitrogens is 1. The number of ether oxygens (including phenoxy) is 1. The van der Waals surface area contributed by atoms with E-state index in [0.717, 1.165) is 60.6 Å². The number of rotatable bonds is 13. The summed E-state index contributed by atoms with van der Waals surface area (Å²) >= 11 is 0. The molecular weight excluding hydrogens is 560 g/mol. The van der Waals surface area contributed by atoms with E-state index >= 15 is 0 Å². The van der Waals surface area contributed by atoms with Crippen molar-refractivity contribution >= 4 is 34.6 Å². The molecule has 234 valence electrons. The molecule has 4 N–H and O–H groups in total. The summed E-state index contributed by atoms with van der Waals surface area (Å²) in [6, 6.07) is 15.6. The van der Waals surface area contributed by atoms with Crippen LogP contribution in [0.5, 0.6) is 0 Å². The molecule has 3 amide bonds. The minimum absolute atomic E-state index is 0.129. The molecule has 0 bridgehead atoms. The van der Waals surface area contributed by atoms with E-state index in [2.05, 4.69) is 10.3 Å². The van der Waals surface area contributed by atoms with Gasteiger partial charge in [-0.15, -0.1) is 0 Å². The van der Waals surface area contributed by atoms with Crippen LogP contribution in [-0.2, 0) is 36.8 Å². The molecule has 10 heteroatoms. The summed E-state index contributed by atoms with van der Waals surface area (Å²) < 4.78 is 5.85. The molecule has 1 saturated carbocycles. The van der Waals surface area contributed by atoms with Crippen molar-refractivity contribution in [3.63, 3.8) is 0 Å². The van der Waals surface area contributed by atoms with E-state index in [9.17, 15) is 19.2 Å². The first-order valence-electron chi connectivity index (χ1n) is 15.8. The maximum absolute atomic E-state index is 14.2. The molecule has 2 aliphatic rings. The predicted molar refractivity (Wildman–Crippen MR) is 165 cm³/mol. The SMILES string of the molecule is O=C(CCCCCCC(=O)N1CCc2c([nH]c3ccccc23)C1C(=O)NC(Cc1ccccc1)C(=O)OC1CCCC1)NO. The highest BCUT2D eigenvalue weighted by atomic mass is 16.5. The van der Waals surface area contributed by atoms with Gasteiger partial charge < -0.3 is 19.9 Å². The van der Waals surface area contributed by atoms with Crippen molar-refractivity contribution in [1.29, 1.82) is 0 Å². The molecule has 10 nitrogen and oxygen atoms in total. The quantitative estimate of drug-likeness (QED) is 0.0972. The summed E-state index contributed by atoms with van der Waals surface area (Å²) in [7, 11) is 0. The number of nitrogens with one attached hydrogen (secondary N) is 3. The molecule has 44 heavy (non-hydrogen) atoms. The number of benzene rings is 2. The second-order valence-electron chi connectivity index (χ2n) is 11.8. The maximum atomic E-state index is 14.2. The van der Waals surface area contributed by atoms with Crippen molar-refractivity contribution in [3.05, 3.63) is 71.4 Å². The summed E-state index contributed by atoms with van der Waals surface area (Å²) in [6.45, 7) is 0.387. The summed E-state index contributed by atoms with van der Waals surface area (Å²) in [6.07, 6.45) is 7.70. The Hall–Kier alpha value is -4.18. The Morgan fingerprint density at radius 3 is 2.39 bits per heavy atom. The number of hydroxylamine groups is 1. The Balaban J connectivity index is 1.34. The molecule has 1 aliphatic heterocycles. The van der Waals surface area contributed by atoms with Crippen molar-refractivity contribution in [2.24, 2.45) is 0 Å². The van der Waals surface area contributed by atoms with Crippen LogP contribution in [-0.4, -0.2) is 57.5 Å². The molecule has 2 atom stereocenters. The zero-order valence-corrected chi connectivity index (χ0v) is 25.1. The van der Waals surface area contributed by atoms with E-state index in [1.54, 1.807) is 10.4 Å². The van der Waals surface area contributed by atoms with Crippen LogP contribution in [0.25, 0.3) is 10.9 Å². The van der Waals surface area contributed by atoms with Gasteiger partial charge in [-0.25, -0.2) is 10.3 Å². The van der Waals surface area contributed by atoms with Gasteiger partial charge in [-0.2, -0.15) is 0 Å². The lowest BCUT2D eigenvalue weighted by Gasteiger charge is -2.36. The van der Waals surface area contributed by atoms with Gasteiger partial charge in [0.25, 0.3) is 0 Å². The van der Waals surface area contributed by atoms with Crippen LogP contribution < -0.4 is 10.8 Å². The fourth-order valence-electron chi connectivity index (χ4n) is 6.44. The molecule has 0 spiro atoms. The smallest absolute Gasteiger partial charge is 0.329 e. The van der Waals surface area contributed by atoms with Gasteiger partial charge in [-0.1, -0.05) is 61.4 Å². The van der Waals surface area contributed by atoms with Crippen LogP contribution in [0.15, 0.2) is 54.6 Å². The zero-order chi connectivity index (χ0) is 30.9. The molecule has 0 radical (unpaired) electrons. The van der Waals surface area contributed by atoms with Crippen LogP contribution in [0.3, 0.4) is 0 Å². The van der Waals surface area contributed by atoms with Crippen LogP contribution in [0, 0.1) is 0 Å². The first kappa shape index (κ1) is 31.3. The lowest BCUT2D eigenvalue weighted by atomic mass is 9.95. The average Bonchev–Trinajstić information content (AvgIpc) is 3.69. The van der Waals surface area contributed by atoms with Gasteiger partial charge in [0.05, 0.1) is 5.69 Å². The van der Waals surface area contributed by atoms with E-state index in [1.165, 1.54) is 0 Å². The third kappa shape index (κ3) is 7.66. The van der Waals surface area contributed by atoms with Gasteiger partial charge in [-0.05, 0) is 62.1 Å². The van der Waals surface area contributed by atoms with Gasteiger partial charge in [-0.3, -0.25) is 19.6 Å². The van der Waals surface area contributed by atoms with Crippen molar-refractivity contribution in [1.82, 2.24) is 20.7 Å². The number of aromatic amines is 1. The number of hydrogen-bond donors (Lipinski definition) is 4. The van der Waals surface area contributed by atoms with Crippen molar-refractivity contribution in [2.45, 2.75) is 95.2 Å². The molecule has 1 aliphatic carbocycles. The predicted octanol–water partition coefficient (Wildman–Crippen LogP) is 4.65. The molecule has 2 unspecified atom stereocenters. The molecule has 2 heterocycles. The molecular formula is C34H42N4O6. The summed E-state index contributed by atoms with van der Waals surface area (Å²) in [5.41, 5.74) is 5.13. The molecule has 1 aromatic heterocycles. The summed E-state index contributed by atoms with van der Waals surface area (Å²) in [5.74, 6) is -1.41. The van der Waals surface area contributed by atoms with Crippen LogP contribution in [0.2, 0.25) is 0 Å². The van der Waals surface area contributed by atoms with Crippen LogP contribution in [0.1, 0.15) is 87.1 Å². The zero-order valence-electron chi connectivity index (χ0n) is 25.1. The van der Waals surface area contributed by atoms with Gasteiger partial charge >= 0.3 is 5.97 Å². The van der Waals surface area contributed by atoms with E-state index in [1.807, 2.05) is 54.6 Å². The second-order valence-corrected chi connectivity index (χ2v) is 11.8. The minimum Gasteiger partial charge on any atom is -0.461 e. The normalized spacial score (nSPS) is 17.2. The number of carbonyl (C=O) groups is 4. The highest BCUT2D eigenvalue weighted by Crippen LogP contribution is 2.35. The van der Waals surface area contributed by atoms with Crippen molar-refractivity contribution in [3.8, 4) is 0 Å². The van der Waals surface area contributed by atoms with Crippen molar-refractivity contribution < 1.29 is 29.1 Å². The molecule has 1 fully saturated rings. The van der Waals surface area contributed by atoms with E-state index < -0.39 is 29.9 Å². The topological polar surface area (TPSA) is 141 Å². The third-order valence-electron chi connectivity index (χ3n) is 8.74. The minimum atomic E-state index is -0.913. The lowest BCUT2D eigenvalue weighted by molar-refractivity contribution is -0.153. The monoisotopic (exact) mass is 602 g/mol. The number of hydrogen-bond acceptors (Lipinski definition) is 6. The Bertz CT molecular complexity index is 1450. The first-order valence-corrected chi connectivity index (χ1v) is 15.8. The number of para-hydroxylation sites is 1. The summed E-state index contributed by atoms with van der Waals surface area (Å²) in [4.78, 5) is 57.6. The number of carbonyl (C=O) groups excluding carboxylic acids is 4. The average molecular weight is 603 g/mol. The number of nitrogens with zero attached hydrogens (tertiary/aromatic N) is 1. The van der Waals surface area contributed by atoms with E-state index in [-0.39, 0.29) is 31.3 Å². The second kappa shape index (κ2) is 15.0. The van der Waals surface area contributed by atoms with Crippen LogP contribution in [0.4, 0.5) is 0 Å². The number of unbranched alkanes of at least 4 members (excludes halogenated alkanes) is 3. The Morgan fingerprint density at radius 2 is 1.64 bits per heavy atom. The Kier molecular flexibility index (Phi) is 10.7. The van der Waals surface area contributed by atoms with E-state index in [0.29, 0.717) is 31.5 Å². The Morgan fingerprint density at radius 1 is 0.932 bits per heavy atom. The van der Waals surface area contributed by atoms with Gasteiger partial charge in [0, 0.05) is 36.7 Å². The van der Waals surface area contributed by atoms with Gasteiger partial charge in [0.15, 0.2) is 6.04 Å². The van der Waals surface area contributed by atoms with E-state index in [4.69, 9.17) is 9.94 Å². The number of amides is 3. The summed E-state index contributed by atoms with van der Waals surface area (Å²) in [5, 5.41) is 12.7. The number of fused-ring (bicyclic) bond motifs is 3. The largest absolute Gasteiger partial charge is 0.461 e. The molecule has 3 aromatic rings. The van der Waals surface area contributed by atoms with Gasteiger partial charge in [0.2, 0.25) is 17.7 Å². The third-order valence-corrected chi connectivity index (χ3v) is 8.74. The molecule has 0 saturated heterocycles. The number of aromatic nitrogens is 1. The number of esters is 1. The fourth-order valence-corrected chi connectivity index (χ4v) is 6.44. The maximum Gasteiger partial charge on any atom is 0.329 e. The highest BCUT2D eigenvalue weighted by molar-refractivity contribution is 5.95. The van der Waals surface area contributed by atoms with Crippen LogP contribution >= 0.6 is 0 Å². The Labute approximate surface area is 257 Å².